The van der Waals surface area contributed by atoms with E-state index in [4.69, 9.17) is 24.1 Å². The second-order valence-electron chi connectivity index (χ2n) is 14.7. The third-order valence-electron chi connectivity index (χ3n) is 11.6. The van der Waals surface area contributed by atoms with Gasteiger partial charge < -0.3 is 9.15 Å². The van der Waals surface area contributed by atoms with Gasteiger partial charge in [0.25, 0.3) is 0 Å². The molecule has 57 heavy (non-hydrogen) atoms. The van der Waals surface area contributed by atoms with Crippen LogP contribution in [0.4, 0.5) is 0 Å². The first kappa shape index (κ1) is 31.7. The van der Waals surface area contributed by atoms with Crippen molar-refractivity contribution in [3.8, 4) is 67.9 Å². The van der Waals surface area contributed by atoms with Crippen LogP contribution in [0.15, 0.2) is 192 Å². The van der Waals surface area contributed by atoms with E-state index in [2.05, 4.69) is 115 Å². The van der Waals surface area contributed by atoms with Gasteiger partial charge >= 0.3 is 0 Å². The molecule has 0 saturated carbocycles. The zero-order valence-electron chi connectivity index (χ0n) is 30.6. The average Bonchev–Trinajstić information content (AvgIpc) is 3.79. The lowest BCUT2D eigenvalue weighted by Gasteiger charge is -2.39. The van der Waals surface area contributed by atoms with Crippen LogP contribution < -0.4 is 4.74 Å². The van der Waals surface area contributed by atoms with Gasteiger partial charge in [-0.25, -0.2) is 15.0 Å². The summed E-state index contributed by atoms with van der Waals surface area (Å²) in [5, 5.41) is 2.21. The van der Waals surface area contributed by atoms with Crippen LogP contribution in [0.2, 0.25) is 0 Å². The molecule has 3 heterocycles. The molecule has 0 amide bonds. The number of furan rings is 1. The zero-order chi connectivity index (χ0) is 37.5. The summed E-state index contributed by atoms with van der Waals surface area (Å²) < 4.78 is 13.2. The van der Waals surface area contributed by atoms with Gasteiger partial charge in [0.1, 0.15) is 22.7 Å². The minimum absolute atomic E-state index is 0.602. The van der Waals surface area contributed by atoms with Crippen LogP contribution in [0.5, 0.6) is 11.5 Å². The standard InChI is InChI=1S/C52H31N3O2/c1-3-14-32(15-4-1)49-53-50(33-16-5-2-6-17-33)55-51(54-49)36-19-13-18-34(28-36)35-26-27-41-38(29-35)39-31-48-40(37-20-7-10-23-45(37)56-48)30-44(39)52(41)42-21-8-11-24-46(42)57-47-25-12-9-22-43(47)52/h1-31H. The Hall–Kier alpha value is -7.63. The third-order valence-corrected chi connectivity index (χ3v) is 11.6. The van der Waals surface area contributed by atoms with Crippen LogP contribution in [0, 0.1) is 0 Å². The molecule has 266 valence electrons. The molecule has 1 spiro atoms. The molecule has 12 rings (SSSR count). The minimum Gasteiger partial charge on any atom is -0.457 e. The third kappa shape index (κ3) is 4.72. The van der Waals surface area contributed by atoms with E-state index in [0.717, 1.165) is 77.9 Å². The van der Waals surface area contributed by atoms with Crippen LogP contribution >= 0.6 is 0 Å². The van der Waals surface area contributed by atoms with Crippen LogP contribution in [0.3, 0.4) is 0 Å². The van der Waals surface area contributed by atoms with Crippen LogP contribution in [0.25, 0.3) is 78.4 Å². The van der Waals surface area contributed by atoms with Crippen molar-refractivity contribution in [1.82, 2.24) is 15.0 Å². The maximum atomic E-state index is 6.62. The summed E-state index contributed by atoms with van der Waals surface area (Å²) in [6, 6.07) is 65.5. The Morgan fingerprint density at radius 3 is 1.58 bits per heavy atom. The Balaban J connectivity index is 1.07. The average molecular weight is 730 g/mol. The fourth-order valence-electron chi connectivity index (χ4n) is 9.07. The first-order valence-electron chi connectivity index (χ1n) is 19.2. The molecule has 5 heteroatoms. The number of ether oxygens (including phenoxy) is 1. The SMILES string of the molecule is c1ccc(-c2nc(-c3ccccc3)nc(-c3cccc(-c4ccc5c(c4)-c4cc6oc7ccccc7c6cc4C54c5ccccc5Oc5ccccc54)c3)n2)cc1. The molecule has 2 aliphatic rings. The maximum absolute atomic E-state index is 6.62. The predicted molar refractivity (Wildman–Crippen MR) is 226 cm³/mol. The number of aromatic nitrogens is 3. The smallest absolute Gasteiger partial charge is 0.164 e. The fraction of sp³-hybridized carbons (Fsp3) is 0.0192. The van der Waals surface area contributed by atoms with E-state index in [1.807, 2.05) is 72.8 Å². The first-order valence-corrected chi connectivity index (χ1v) is 19.2. The number of nitrogens with zero attached hydrogens (tertiary/aromatic N) is 3. The first-order chi connectivity index (χ1) is 28.2. The highest BCUT2D eigenvalue weighted by molar-refractivity contribution is 6.08. The quantitative estimate of drug-likeness (QED) is 0.180. The zero-order valence-corrected chi connectivity index (χ0v) is 30.6. The Kier molecular flexibility index (Phi) is 6.78. The van der Waals surface area contributed by atoms with Crippen LogP contribution in [0.1, 0.15) is 22.3 Å². The van der Waals surface area contributed by atoms with E-state index in [-0.39, 0.29) is 0 Å². The molecule has 0 unspecified atom stereocenters. The highest BCUT2D eigenvalue weighted by atomic mass is 16.5. The summed E-state index contributed by atoms with van der Waals surface area (Å²) in [7, 11) is 0. The van der Waals surface area contributed by atoms with E-state index in [0.29, 0.717) is 17.5 Å². The van der Waals surface area contributed by atoms with Gasteiger partial charge in [-0.15, -0.1) is 0 Å². The molecule has 0 fully saturated rings. The van der Waals surface area contributed by atoms with E-state index in [1.165, 1.54) is 16.7 Å². The van der Waals surface area contributed by atoms with E-state index < -0.39 is 5.41 Å². The molecule has 0 saturated heterocycles. The van der Waals surface area contributed by atoms with Crippen molar-refractivity contribution in [2.75, 3.05) is 0 Å². The van der Waals surface area contributed by atoms with Crippen molar-refractivity contribution in [3.05, 3.63) is 210 Å². The number of rotatable bonds is 4. The van der Waals surface area contributed by atoms with Crippen molar-refractivity contribution in [1.29, 1.82) is 0 Å². The lowest BCUT2D eigenvalue weighted by molar-refractivity contribution is 0.436. The van der Waals surface area contributed by atoms with E-state index in [9.17, 15) is 0 Å². The summed E-state index contributed by atoms with van der Waals surface area (Å²) in [4.78, 5) is 15.0. The van der Waals surface area contributed by atoms with Gasteiger partial charge in [-0.1, -0.05) is 146 Å². The Labute approximate surface area is 328 Å². The lowest BCUT2D eigenvalue weighted by Crippen LogP contribution is -2.32. The molecule has 0 radical (unpaired) electrons. The van der Waals surface area contributed by atoms with E-state index >= 15 is 0 Å². The molecule has 0 N–H and O–H groups in total. The maximum Gasteiger partial charge on any atom is 0.164 e. The largest absolute Gasteiger partial charge is 0.457 e. The molecule has 10 aromatic rings. The van der Waals surface area contributed by atoms with Crippen molar-refractivity contribution >= 4 is 21.9 Å². The monoisotopic (exact) mass is 729 g/mol. The summed E-state index contributed by atoms with van der Waals surface area (Å²) in [5.74, 6) is 3.63. The normalized spacial score (nSPS) is 13.2. The predicted octanol–water partition coefficient (Wildman–Crippen LogP) is 12.9. The molecular formula is C52H31N3O2. The second kappa shape index (κ2) is 12.2. The molecule has 1 aliphatic carbocycles. The molecule has 8 aromatic carbocycles. The van der Waals surface area contributed by atoms with Gasteiger partial charge in [0.15, 0.2) is 17.5 Å². The van der Waals surface area contributed by atoms with Gasteiger partial charge in [0.05, 0.1) is 5.41 Å². The van der Waals surface area contributed by atoms with Gasteiger partial charge in [-0.3, -0.25) is 0 Å². The topological polar surface area (TPSA) is 61.0 Å². The van der Waals surface area contributed by atoms with Crippen molar-refractivity contribution in [2.24, 2.45) is 0 Å². The van der Waals surface area contributed by atoms with Crippen LogP contribution in [-0.2, 0) is 5.41 Å². The summed E-state index contributed by atoms with van der Waals surface area (Å²) >= 11 is 0. The van der Waals surface area contributed by atoms with Crippen molar-refractivity contribution in [2.45, 2.75) is 5.41 Å². The highest BCUT2D eigenvalue weighted by Gasteiger charge is 2.51. The number of para-hydroxylation sites is 3. The second-order valence-corrected chi connectivity index (χ2v) is 14.7. The van der Waals surface area contributed by atoms with E-state index in [1.54, 1.807) is 0 Å². The molecular weight excluding hydrogens is 699 g/mol. The number of hydrogen-bond donors (Lipinski definition) is 0. The van der Waals surface area contributed by atoms with Gasteiger partial charge in [-0.05, 0) is 75.8 Å². The molecule has 0 atom stereocenters. The minimum atomic E-state index is -0.602. The fourth-order valence-corrected chi connectivity index (χ4v) is 9.07. The Morgan fingerprint density at radius 2 is 0.877 bits per heavy atom. The van der Waals surface area contributed by atoms with Gasteiger partial charge in [0, 0.05) is 38.6 Å². The summed E-state index contributed by atoms with van der Waals surface area (Å²) in [5.41, 5.74) is 13.1. The van der Waals surface area contributed by atoms with Crippen molar-refractivity contribution < 1.29 is 9.15 Å². The molecule has 0 bridgehead atoms. The Morgan fingerprint density at radius 1 is 0.333 bits per heavy atom. The van der Waals surface area contributed by atoms with Gasteiger partial charge in [-0.2, -0.15) is 0 Å². The molecule has 1 aliphatic heterocycles. The summed E-state index contributed by atoms with van der Waals surface area (Å²) in [6.07, 6.45) is 0. The molecule has 5 nitrogen and oxygen atoms in total. The number of hydrogen-bond acceptors (Lipinski definition) is 5. The molecule has 2 aromatic heterocycles. The highest BCUT2D eigenvalue weighted by Crippen LogP contribution is 2.63. The number of benzene rings is 8. The lowest BCUT2D eigenvalue weighted by atomic mass is 9.66. The summed E-state index contributed by atoms with van der Waals surface area (Å²) in [6.45, 7) is 0. The number of fused-ring (bicyclic) bond motifs is 12. The van der Waals surface area contributed by atoms with Crippen molar-refractivity contribution in [3.63, 3.8) is 0 Å². The van der Waals surface area contributed by atoms with Gasteiger partial charge in [0.2, 0.25) is 0 Å². The van der Waals surface area contributed by atoms with Crippen LogP contribution in [-0.4, -0.2) is 15.0 Å². The Bertz CT molecular complexity index is 3120.